The minimum absolute atomic E-state index is 0.170. The van der Waals surface area contributed by atoms with E-state index in [1.54, 1.807) is 22.2 Å². The van der Waals surface area contributed by atoms with Crippen molar-refractivity contribution >= 4 is 33.2 Å². The van der Waals surface area contributed by atoms with Crippen LogP contribution in [0.1, 0.15) is 10.4 Å². The molecular formula is C17H14BrN3OS. The molecule has 23 heavy (non-hydrogen) atoms. The van der Waals surface area contributed by atoms with E-state index in [9.17, 15) is 4.79 Å². The molecule has 0 saturated carbocycles. The number of thiophene rings is 1. The molecule has 1 amide bonds. The van der Waals surface area contributed by atoms with Gasteiger partial charge in [0.05, 0.1) is 16.1 Å². The molecule has 0 saturated heterocycles. The molecule has 0 aliphatic heterocycles. The van der Waals surface area contributed by atoms with E-state index in [1.807, 2.05) is 47.8 Å². The van der Waals surface area contributed by atoms with Gasteiger partial charge in [0, 0.05) is 17.2 Å². The van der Waals surface area contributed by atoms with Gasteiger partial charge in [0.2, 0.25) is 0 Å². The highest BCUT2D eigenvalue weighted by atomic mass is 79.9. The number of rotatable bonds is 5. The average Bonchev–Trinajstić information content (AvgIpc) is 3.22. The summed E-state index contributed by atoms with van der Waals surface area (Å²) < 4.78 is 2.45. The van der Waals surface area contributed by atoms with E-state index in [2.05, 4.69) is 32.9 Å². The molecular weight excluding hydrogens is 374 g/mol. The molecule has 0 unspecified atom stereocenters. The second kappa shape index (κ2) is 6.93. The van der Waals surface area contributed by atoms with E-state index < -0.39 is 0 Å². The Morgan fingerprint density at radius 1 is 1.26 bits per heavy atom. The number of halogens is 1. The van der Waals surface area contributed by atoms with Crippen LogP contribution in [0.15, 0.2) is 65.1 Å². The highest BCUT2D eigenvalue weighted by Gasteiger charge is 2.19. The van der Waals surface area contributed by atoms with Gasteiger partial charge in [0.25, 0.3) is 5.91 Å². The Kier molecular flexibility index (Phi) is 4.73. The van der Waals surface area contributed by atoms with Crippen LogP contribution >= 0.6 is 27.3 Å². The minimum Gasteiger partial charge on any atom is -0.347 e. The van der Waals surface area contributed by atoms with Gasteiger partial charge < -0.3 is 5.32 Å². The smallest absolute Gasteiger partial charge is 0.255 e. The number of hydrogen-bond acceptors (Lipinski definition) is 3. The monoisotopic (exact) mass is 387 g/mol. The Morgan fingerprint density at radius 2 is 2.04 bits per heavy atom. The number of carbonyl (C=O) groups excluding carboxylic acids is 1. The van der Waals surface area contributed by atoms with Crippen molar-refractivity contribution in [1.82, 2.24) is 15.1 Å². The molecule has 0 atom stereocenters. The Balaban J connectivity index is 2.01. The quantitative estimate of drug-likeness (QED) is 0.711. The van der Waals surface area contributed by atoms with E-state index in [4.69, 9.17) is 0 Å². The number of nitrogens with zero attached hydrogens (tertiary/aromatic N) is 2. The number of para-hydroxylation sites is 1. The first kappa shape index (κ1) is 15.7. The van der Waals surface area contributed by atoms with Gasteiger partial charge in [-0.25, -0.2) is 4.68 Å². The molecule has 0 aliphatic rings. The minimum atomic E-state index is -0.170. The van der Waals surface area contributed by atoms with Crippen LogP contribution in [0, 0.1) is 0 Å². The summed E-state index contributed by atoms with van der Waals surface area (Å²) in [6.45, 7) is 4.10. The molecule has 3 aromatic rings. The van der Waals surface area contributed by atoms with E-state index in [0.717, 1.165) is 15.0 Å². The van der Waals surface area contributed by atoms with E-state index in [0.29, 0.717) is 17.8 Å². The summed E-state index contributed by atoms with van der Waals surface area (Å²) in [7, 11) is 0. The topological polar surface area (TPSA) is 46.9 Å². The second-order valence-corrected chi connectivity index (χ2v) is 6.92. The first-order valence-corrected chi connectivity index (χ1v) is 8.63. The summed E-state index contributed by atoms with van der Waals surface area (Å²) in [5.74, 6) is -0.170. The fraction of sp³-hybridized carbons (Fsp3) is 0.0588. The molecule has 0 aliphatic carbocycles. The summed E-state index contributed by atoms with van der Waals surface area (Å²) in [6.07, 6.45) is 1.76. The van der Waals surface area contributed by atoms with Crippen molar-refractivity contribution in [2.45, 2.75) is 0 Å². The van der Waals surface area contributed by atoms with Crippen LogP contribution < -0.4 is 5.32 Å². The van der Waals surface area contributed by atoms with Gasteiger partial charge in [0.15, 0.2) is 0 Å². The van der Waals surface area contributed by atoms with Crippen LogP contribution in [0.5, 0.6) is 0 Å². The zero-order chi connectivity index (χ0) is 16.2. The average molecular weight is 388 g/mol. The van der Waals surface area contributed by atoms with Crippen LogP contribution in [0.4, 0.5) is 0 Å². The van der Waals surface area contributed by atoms with Gasteiger partial charge in [-0.1, -0.05) is 46.8 Å². The molecule has 0 radical (unpaired) electrons. The maximum atomic E-state index is 12.5. The van der Waals surface area contributed by atoms with Crippen molar-refractivity contribution in [2.75, 3.05) is 6.54 Å². The van der Waals surface area contributed by atoms with Gasteiger partial charge in [-0.15, -0.1) is 11.3 Å². The molecule has 2 heterocycles. The van der Waals surface area contributed by atoms with Crippen molar-refractivity contribution in [3.63, 3.8) is 0 Å². The maximum Gasteiger partial charge on any atom is 0.255 e. The van der Waals surface area contributed by atoms with Gasteiger partial charge in [-0.05, 0) is 23.6 Å². The van der Waals surface area contributed by atoms with Crippen molar-refractivity contribution in [2.24, 2.45) is 0 Å². The van der Waals surface area contributed by atoms with E-state index in [1.165, 1.54) is 0 Å². The zero-order valence-corrected chi connectivity index (χ0v) is 14.6. The van der Waals surface area contributed by atoms with Gasteiger partial charge in [-0.3, -0.25) is 4.79 Å². The molecule has 6 heteroatoms. The summed E-state index contributed by atoms with van der Waals surface area (Å²) in [4.78, 5) is 13.4. The zero-order valence-electron chi connectivity index (χ0n) is 12.2. The number of hydrogen-bond donors (Lipinski definition) is 1. The van der Waals surface area contributed by atoms with Gasteiger partial charge in [0.1, 0.15) is 5.69 Å². The highest BCUT2D eigenvalue weighted by Crippen LogP contribution is 2.27. The second-order valence-electron chi connectivity index (χ2n) is 4.85. The Morgan fingerprint density at radius 3 is 2.70 bits per heavy atom. The van der Waals surface area contributed by atoms with E-state index in [-0.39, 0.29) is 5.91 Å². The summed E-state index contributed by atoms with van der Waals surface area (Å²) in [6, 6.07) is 13.6. The van der Waals surface area contributed by atoms with Gasteiger partial charge >= 0.3 is 0 Å². The normalized spacial score (nSPS) is 10.5. The first-order valence-electron chi connectivity index (χ1n) is 6.95. The van der Waals surface area contributed by atoms with Crippen molar-refractivity contribution in [1.29, 1.82) is 0 Å². The van der Waals surface area contributed by atoms with Crippen LogP contribution in [-0.2, 0) is 0 Å². The van der Waals surface area contributed by atoms with Crippen LogP contribution in [-0.4, -0.2) is 22.2 Å². The largest absolute Gasteiger partial charge is 0.347 e. The summed E-state index contributed by atoms with van der Waals surface area (Å²) in [5, 5.41) is 9.41. The fourth-order valence-corrected chi connectivity index (χ4v) is 2.98. The lowest BCUT2D eigenvalue weighted by Gasteiger charge is -2.03. The predicted octanol–water partition coefficient (Wildman–Crippen LogP) is 4.24. The summed E-state index contributed by atoms with van der Waals surface area (Å²) >= 11 is 4.80. The molecule has 116 valence electrons. The molecule has 2 aromatic heterocycles. The lowest BCUT2D eigenvalue weighted by atomic mass is 10.2. The van der Waals surface area contributed by atoms with Crippen LogP contribution in [0.3, 0.4) is 0 Å². The third kappa shape index (κ3) is 3.60. The Hall–Kier alpha value is -2.18. The lowest BCUT2D eigenvalue weighted by molar-refractivity contribution is 0.0958. The third-order valence-electron chi connectivity index (χ3n) is 3.17. The number of benzene rings is 1. The first-order chi connectivity index (χ1) is 11.1. The highest BCUT2D eigenvalue weighted by molar-refractivity contribution is 9.11. The number of nitrogens with one attached hydrogen (secondary N) is 1. The molecule has 1 aromatic carbocycles. The van der Waals surface area contributed by atoms with Crippen molar-refractivity contribution < 1.29 is 4.79 Å². The number of amides is 1. The Bertz CT molecular complexity index is 825. The molecule has 0 fully saturated rings. The fourth-order valence-electron chi connectivity index (χ4n) is 2.12. The molecule has 0 bridgehead atoms. The van der Waals surface area contributed by atoms with Crippen molar-refractivity contribution in [3.05, 3.63) is 70.7 Å². The third-order valence-corrected chi connectivity index (χ3v) is 4.33. The SMILES string of the molecule is C=C(Br)CNC(=O)c1cn(-c2ccccc2)nc1-c1cccs1. The molecule has 1 N–H and O–H groups in total. The standard InChI is InChI=1S/C17H14BrN3OS/c1-12(18)10-19-17(22)14-11-21(13-6-3-2-4-7-13)20-16(14)15-8-5-9-23-15/h2-9,11H,1,10H2,(H,19,22). The molecule has 4 nitrogen and oxygen atoms in total. The van der Waals surface area contributed by atoms with E-state index >= 15 is 0 Å². The Labute approximate surface area is 146 Å². The lowest BCUT2D eigenvalue weighted by Crippen LogP contribution is -2.24. The summed E-state index contributed by atoms with van der Waals surface area (Å²) in [5.41, 5.74) is 2.14. The van der Waals surface area contributed by atoms with Crippen molar-refractivity contribution in [3.8, 4) is 16.3 Å². The maximum absolute atomic E-state index is 12.5. The van der Waals surface area contributed by atoms with Gasteiger partial charge in [-0.2, -0.15) is 5.10 Å². The number of carbonyl (C=O) groups is 1. The number of aromatic nitrogens is 2. The molecule has 3 rings (SSSR count). The van der Waals surface area contributed by atoms with Crippen LogP contribution in [0.2, 0.25) is 0 Å². The molecule has 0 spiro atoms. The van der Waals surface area contributed by atoms with Crippen LogP contribution in [0.25, 0.3) is 16.3 Å². The predicted molar refractivity (Wildman–Crippen MR) is 97.3 cm³/mol.